The van der Waals surface area contributed by atoms with E-state index in [0.29, 0.717) is 49.8 Å². The van der Waals surface area contributed by atoms with Crippen molar-refractivity contribution in [1.29, 1.82) is 0 Å². The topological polar surface area (TPSA) is 122 Å². The van der Waals surface area contributed by atoms with Crippen LogP contribution in [-0.2, 0) is 6.42 Å². The van der Waals surface area contributed by atoms with E-state index < -0.39 is 0 Å². The Morgan fingerprint density at radius 1 is 1.25 bits per heavy atom. The van der Waals surface area contributed by atoms with E-state index in [-0.39, 0.29) is 17.8 Å². The number of amides is 2. The Kier molecular flexibility index (Phi) is 4.92. The molecule has 2 aromatic heterocycles. The summed E-state index contributed by atoms with van der Waals surface area (Å²) in [5, 5.41) is 17.0. The fourth-order valence-corrected chi connectivity index (χ4v) is 3.28. The minimum Gasteiger partial charge on any atom is -0.421 e. The Balaban J connectivity index is 1.34. The molecule has 0 aliphatic carbocycles. The van der Waals surface area contributed by atoms with Crippen LogP contribution in [0.5, 0.6) is 0 Å². The molecule has 0 bridgehead atoms. The molecule has 0 saturated carbocycles. The van der Waals surface area contributed by atoms with Gasteiger partial charge in [0.1, 0.15) is 6.33 Å². The molecule has 10 heteroatoms. The maximum absolute atomic E-state index is 12.5. The number of aryl methyl sites for hydroxylation is 1. The number of rotatable bonds is 4. The van der Waals surface area contributed by atoms with Crippen LogP contribution in [0.25, 0.3) is 11.5 Å². The van der Waals surface area contributed by atoms with Crippen LogP contribution in [0.15, 0.2) is 39.8 Å². The second-order valence-electron chi connectivity index (χ2n) is 6.65. The number of nitrogens with zero attached hydrogens (tertiary/aromatic N) is 5. The summed E-state index contributed by atoms with van der Waals surface area (Å²) in [6, 6.07) is 7.19. The Morgan fingerprint density at radius 3 is 2.61 bits per heavy atom. The number of nitrogens with one attached hydrogen (secondary N) is 2. The second-order valence-corrected chi connectivity index (χ2v) is 6.65. The van der Waals surface area contributed by atoms with Crippen LogP contribution >= 0.6 is 0 Å². The maximum atomic E-state index is 12.5. The number of piperidine rings is 1. The van der Waals surface area contributed by atoms with E-state index in [9.17, 15) is 9.59 Å². The first-order chi connectivity index (χ1) is 13.6. The molecule has 1 fully saturated rings. The van der Waals surface area contributed by atoms with Gasteiger partial charge in [0.25, 0.3) is 0 Å². The minimum absolute atomic E-state index is 0.0667. The van der Waals surface area contributed by atoms with Gasteiger partial charge in [0, 0.05) is 36.8 Å². The highest BCUT2D eigenvalue weighted by Crippen LogP contribution is 2.23. The number of likely N-dealkylation sites (tertiary alicyclic amines) is 1. The number of carbonyl (C=O) groups is 1. The zero-order valence-electron chi connectivity index (χ0n) is 15.5. The summed E-state index contributed by atoms with van der Waals surface area (Å²) in [7, 11) is 0. The monoisotopic (exact) mass is 383 g/mol. The van der Waals surface area contributed by atoms with Gasteiger partial charge in [0.2, 0.25) is 11.8 Å². The largest absolute Gasteiger partial charge is 0.421 e. The summed E-state index contributed by atoms with van der Waals surface area (Å²) >= 11 is 0. The third-order valence-corrected chi connectivity index (χ3v) is 4.87. The Labute approximate surface area is 160 Å². The van der Waals surface area contributed by atoms with Gasteiger partial charge in [0.15, 0.2) is 0 Å². The van der Waals surface area contributed by atoms with Crippen molar-refractivity contribution in [2.45, 2.75) is 32.2 Å². The standard InChI is InChI=1S/C18H21N7O3/c1-2-15-21-22-16(28-15)12-3-5-13(6-4-12)20-17(26)24-9-7-14(8-10-24)25-11-19-23-18(25)27/h3-6,11,14H,2,7-10H2,1H3,(H,20,26)(H,23,27). The first-order valence-corrected chi connectivity index (χ1v) is 9.24. The molecule has 0 atom stereocenters. The molecule has 0 unspecified atom stereocenters. The van der Waals surface area contributed by atoms with Gasteiger partial charge in [-0.3, -0.25) is 4.57 Å². The predicted octanol–water partition coefficient (Wildman–Crippen LogP) is 2.05. The van der Waals surface area contributed by atoms with E-state index in [1.54, 1.807) is 21.6 Å². The summed E-state index contributed by atoms with van der Waals surface area (Å²) in [6.07, 6.45) is 3.62. The average Bonchev–Trinajstić information content (AvgIpc) is 3.37. The molecule has 3 aromatic rings. The van der Waals surface area contributed by atoms with Crippen molar-refractivity contribution in [3.05, 3.63) is 47.0 Å². The summed E-state index contributed by atoms with van der Waals surface area (Å²) in [5.41, 5.74) is 1.28. The molecule has 1 aliphatic rings. The number of anilines is 1. The normalized spacial score (nSPS) is 15.0. The van der Waals surface area contributed by atoms with Crippen molar-refractivity contribution in [3.63, 3.8) is 0 Å². The van der Waals surface area contributed by atoms with E-state index in [1.807, 2.05) is 19.1 Å². The van der Waals surface area contributed by atoms with Crippen LogP contribution < -0.4 is 11.0 Å². The van der Waals surface area contributed by atoms with Crippen LogP contribution in [0.3, 0.4) is 0 Å². The molecule has 0 spiro atoms. The number of benzene rings is 1. The minimum atomic E-state index is -0.213. The third kappa shape index (κ3) is 3.66. The van der Waals surface area contributed by atoms with Crippen molar-refractivity contribution in [2.24, 2.45) is 0 Å². The van der Waals surface area contributed by atoms with Gasteiger partial charge >= 0.3 is 11.7 Å². The van der Waals surface area contributed by atoms with Gasteiger partial charge < -0.3 is 14.6 Å². The zero-order chi connectivity index (χ0) is 19.5. The molecular formula is C18H21N7O3. The summed E-state index contributed by atoms with van der Waals surface area (Å²) in [4.78, 5) is 25.9. The van der Waals surface area contributed by atoms with Crippen LogP contribution in [0.1, 0.15) is 31.7 Å². The average molecular weight is 383 g/mol. The Bertz CT molecular complexity index is 997. The fourth-order valence-electron chi connectivity index (χ4n) is 3.28. The molecule has 4 rings (SSSR count). The molecule has 28 heavy (non-hydrogen) atoms. The van der Waals surface area contributed by atoms with E-state index in [0.717, 1.165) is 5.56 Å². The highest BCUT2D eigenvalue weighted by molar-refractivity contribution is 5.89. The van der Waals surface area contributed by atoms with E-state index in [2.05, 4.69) is 25.7 Å². The molecule has 1 aliphatic heterocycles. The van der Waals surface area contributed by atoms with Gasteiger partial charge in [0.05, 0.1) is 0 Å². The van der Waals surface area contributed by atoms with Crippen LogP contribution in [0.2, 0.25) is 0 Å². The van der Waals surface area contributed by atoms with Crippen molar-refractivity contribution >= 4 is 11.7 Å². The number of carbonyl (C=O) groups excluding carboxylic acids is 1. The SMILES string of the molecule is CCc1nnc(-c2ccc(NC(=O)N3CCC(n4cn[nH]c4=O)CC3)cc2)o1. The predicted molar refractivity (Wildman–Crippen MR) is 101 cm³/mol. The van der Waals surface area contributed by atoms with Gasteiger partial charge in [-0.05, 0) is 37.1 Å². The molecule has 10 nitrogen and oxygen atoms in total. The Hall–Kier alpha value is -3.43. The number of aromatic amines is 1. The fraction of sp³-hybridized carbons (Fsp3) is 0.389. The maximum Gasteiger partial charge on any atom is 0.343 e. The van der Waals surface area contributed by atoms with Crippen molar-refractivity contribution in [2.75, 3.05) is 18.4 Å². The molecule has 1 saturated heterocycles. The quantitative estimate of drug-likeness (QED) is 0.711. The van der Waals surface area contributed by atoms with Gasteiger partial charge in [-0.2, -0.15) is 5.10 Å². The lowest BCUT2D eigenvalue weighted by molar-refractivity contribution is 0.183. The highest BCUT2D eigenvalue weighted by Gasteiger charge is 2.24. The number of hydrogen-bond acceptors (Lipinski definition) is 6. The van der Waals surface area contributed by atoms with Crippen LogP contribution in [0.4, 0.5) is 10.5 Å². The van der Waals surface area contributed by atoms with Crippen molar-refractivity contribution < 1.29 is 9.21 Å². The summed E-state index contributed by atoms with van der Waals surface area (Å²) < 4.78 is 7.13. The summed E-state index contributed by atoms with van der Waals surface area (Å²) in [5.74, 6) is 1.06. The zero-order valence-corrected chi connectivity index (χ0v) is 15.5. The smallest absolute Gasteiger partial charge is 0.343 e. The van der Waals surface area contributed by atoms with Crippen molar-refractivity contribution in [1.82, 2.24) is 29.9 Å². The van der Waals surface area contributed by atoms with Crippen molar-refractivity contribution in [3.8, 4) is 11.5 Å². The van der Waals surface area contributed by atoms with Gasteiger partial charge in [-0.15, -0.1) is 10.2 Å². The molecule has 1 aromatic carbocycles. The van der Waals surface area contributed by atoms with Gasteiger partial charge in [-0.25, -0.2) is 14.7 Å². The molecule has 3 heterocycles. The lowest BCUT2D eigenvalue weighted by Crippen LogP contribution is -2.42. The number of hydrogen-bond donors (Lipinski definition) is 2. The lowest BCUT2D eigenvalue weighted by Gasteiger charge is -2.32. The van der Waals surface area contributed by atoms with Gasteiger partial charge in [-0.1, -0.05) is 6.92 Å². The van der Waals surface area contributed by atoms with E-state index >= 15 is 0 Å². The molecule has 146 valence electrons. The van der Waals surface area contributed by atoms with E-state index in [4.69, 9.17) is 4.42 Å². The van der Waals surface area contributed by atoms with Crippen LogP contribution in [0, 0.1) is 0 Å². The number of H-pyrrole nitrogens is 1. The molecule has 2 N–H and O–H groups in total. The lowest BCUT2D eigenvalue weighted by atomic mass is 10.1. The second kappa shape index (κ2) is 7.67. The molecule has 2 amide bonds. The number of urea groups is 1. The highest BCUT2D eigenvalue weighted by atomic mass is 16.4. The first kappa shape index (κ1) is 18.0. The molecule has 0 radical (unpaired) electrons. The Morgan fingerprint density at radius 2 is 2.00 bits per heavy atom. The first-order valence-electron chi connectivity index (χ1n) is 9.24. The third-order valence-electron chi connectivity index (χ3n) is 4.87. The molecular weight excluding hydrogens is 362 g/mol. The summed E-state index contributed by atoms with van der Waals surface area (Å²) in [6.45, 7) is 3.11. The van der Waals surface area contributed by atoms with Crippen LogP contribution in [-0.4, -0.2) is 49.0 Å². The van der Waals surface area contributed by atoms with E-state index in [1.165, 1.54) is 6.33 Å². The number of aromatic nitrogens is 5.